The molecule has 0 saturated carbocycles. The molecule has 0 radical (unpaired) electrons. The van der Waals surface area contributed by atoms with Gasteiger partial charge in [-0.2, -0.15) is 0 Å². The maximum atomic E-state index is 5.81. The number of aromatic nitrogens is 1. The molecule has 2 nitrogen and oxygen atoms in total. The number of hydrogen-bond acceptors (Lipinski definition) is 2. The Morgan fingerprint density at radius 2 is 2.36 bits per heavy atom. The molecule has 4 heteroatoms. The highest BCUT2D eigenvalue weighted by atomic mass is 79.9. The SMILES string of the molecule is Cc1cc(Cl)c(N)c(CBr)n1. The van der Waals surface area contributed by atoms with E-state index in [9.17, 15) is 0 Å². The number of nitrogens with zero attached hydrogens (tertiary/aromatic N) is 1. The molecule has 0 aliphatic heterocycles. The summed E-state index contributed by atoms with van der Waals surface area (Å²) < 4.78 is 0. The van der Waals surface area contributed by atoms with Crippen LogP contribution >= 0.6 is 27.5 Å². The first-order valence-corrected chi connectivity index (χ1v) is 4.62. The number of halogens is 2. The lowest BCUT2D eigenvalue weighted by atomic mass is 10.3. The highest BCUT2D eigenvalue weighted by Crippen LogP contribution is 2.23. The average Bonchev–Trinajstić information content (AvgIpc) is 1.96. The van der Waals surface area contributed by atoms with Crippen molar-refractivity contribution in [2.75, 3.05) is 5.73 Å². The van der Waals surface area contributed by atoms with Gasteiger partial charge in [-0.3, -0.25) is 4.98 Å². The number of pyridine rings is 1. The Kier molecular flexibility index (Phi) is 2.73. The lowest BCUT2D eigenvalue weighted by Gasteiger charge is -2.04. The Morgan fingerprint density at radius 1 is 1.73 bits per heavy atom. The largest absolute Gasteiger partial charge is 0.396 e. The van der Waals surface area contributed by atoms with Gasteiger partial charge < -0.3 is 5.73 Å². The molecule has 0 spiro atoms. The highest BCUT2D eigenvalue weighted by Gasteiger charge is 2.04. The Morgan fingerprint density at radius 3 is 2.91 bits per heavy atom. The van der Waals surface area contributed by atoms with Gasteiger partial charge in [0.2, 0.25) is 0 Å². The summed E-state index contributed by atoms with van der Waals surface area (Å²) in [5, 5.41) is 1.22. The Bertz CT molecular complexity index is 275. The zero-order valence-corrected chi connectivity index (χ0v) is 8.41. The van der Waals surface area contributed by atoms with E-state index in [1.807, 2.05) is 6.92 Å². The second kappa shape index (κ2) is 3.41. The number of nitrogens with two attached hydrogens (primary N) is 1. The van der Waals surface area contributed by atoms with E-state index in [2.05, 4.69) is 20.9 Å². The van der Waals surface area contributed by atoms with Crippen LogP contribution in [0.5, 0.6) is 0 Å². The van der Waals surface area contributed by atoms with Crippen LogP contribution < -0.4 is 5.73 Å². The third-order valence-corrected chi connectivity index (χ3v) is 2.19. The van der Waals surface area contributed by atoms with Crippen LogP contribution in [0.25, 0.3) is 0 Å². The van der Waals surface area contributed by atoms with Crippen molar-refractivity contribution >= 4 is 33.2 Å². The fourth-order valence-electron chi connectivity index (χ4n) is 0.806. The molecule has 0 aromatic carbocycles. The van der Waals surface area contributed by atoms with Gasteiger partial charge in [-0.1, -0.05) is 27.5 Å². The third-order valence-electron chi connectivity index (χ3n) is 1.34. The molecule has 0 unspecified atom stereocenters. The first kappa shape index (κ1) is 8.81. The predicted molar refractivity (Wildman–Crippen MR) is 51.0 cm³/mol. The normalized spacial score (nSPS) is 10.1. The van der Waals surface area contributed by atoms with Crippen LogP contribution in [0.15, 0.2) is 6.07 Å². The molecule has 1 rings (SSSR count). The van der Waals surface area contributed by atoms with Gasteiger partial charge in [0.25, 0.3) is 0 Å². The van der Waals surface area contributed by atoms with Gasteiger partial charge >= 0.3 is 0 Å². The second-order valence-electron chi connectivity index (χ2n) is 2.24. The van der Waals surface area contributed by atoms with Crippen LogP contribution in [0.3, 0.4) is 0 Å². The van der Waals surface area contributed by atoms with E-state index in [0.29, 0.717) is 16.0 Å². The maximum absolute atomic E-state index is 5.81. The summed E-state index contributed by atoms with van der Waals surface area (Å²) in [4.78, 5) is 4.20. The summed E-state index contributed by atoms with van der Waals surface area (Å²) in [7, 11) is 0. The van der Waals surface area contributed by atoms with Crippen molar-refractivity contribution < 1.29 is 0 Å². The van der Waals surface area contributed by atoms with Crippen LogP contribution in [-0.4, -0.2) is 4.98 Å². The molecule has 60 valence electrons. The van der Waals surface area contributed by atoms with Crippen LogP contribution in [0.1, 0.15) is 11.4 Å². The number of alkyl halides is 1. The minimum atomic E-state index is 0.564. The van der Waals surface area contributed by atoms with Crippen LogP contribution in [-0.2, 0) is 5.33 Å². The van der Waals surface area contributed by atoms with Gasteiger partial charge in [0.05, 0.1) is 16.4 Å². The number of anilines is 1. The van der Waals surface area contributed by atoms with Crippen molar-refractivity contribution in [2.45, 2.75) is 12.3 Å². The first-order valence-electron chi connectivity index (χ1n) is 3.12. The Hall–Kier alpha value is -0.280. The Labute approximate surface area is 78.9 Å². The quantitative estimate of drug-likeness (QED) is 0.760. The molecule has 1 aromatic rings. The molecule has 0 fully saturated rings. The molecule has 0 bridgehead atoms. The van der Waals surface area contributed by atoms with E-state index in [4.69, 9.17) is 17.3 Å². The summed E-state index contributed by atoms with van der Waals surface area (Å²) in [6.45, 7) is 1.89. The van der Waals surface area contributed by atoms with Crippen molar-refractivity contribution in [3.8, 4) is 0 Å². The smallest absolute Gasteiger partial charge is 0.0756 e. The van der Waals surface area contributed by atoms with E-state index >= 15 is 0 Å². The van der Waals surface area contributed by atoms with Crippen molar-refractivity contribution in [2.24, 2.45) is 0 Å². The van der Waals surface area contributed by atoms with Gasteiger partial charge in [-0.05, 0) is 13.0 Å². The monoisotopic (exact) mass is 234 g/mol. The molecule has 0 atom stereocenters. The van der Waals surface area contributed by atoms with Crippen molar-refractivity contribution in [1.82, 2.24) is 4.98 Å². The molecule has 11 heavy (non-hydrogen) atoms. The number of rotatable bonds is 1. The highest BCUT2D eigenvalue weighted by molar-refractivity contribution is 9.08. The zero-order chi connectivity index (χ0) is 8.43. The fraction of sp³-hybridized carbons (Fsp3) is 0.286. The van der Waals surface area contributed by atoms with E-state index in [1.165, 1.54) is 0 Å². The molecule has 0 aliphatic rings. The summed E-state index contributed by atoms with van der Waals surface area (Å²) in [5.74, 6) is 0. The summed E-state index contributed by atoms with van der Waals surface area (Å²) in [5.41, 5.74) is 7.89. The molecule has 0 saturated heterocycles. The van der Waals surface area contributed by atoms with E-state index in [1.54, 1.807) is 6.07 Å². The zero-order valence-electron chi connectivity index (χ0n) is 6.06. The molecule has 1 heterocycles. The van der Waals surface area contributed by atoms with Gasteiger partial charge in [-0.25, -0.2) is 0 Å². The van der Waals surface area contributed by atoms with E-state index in [-0.39, 0.29) is 0 Å². The molecule has 2 N–H and O–H groups in total. The first-order chi connectivity index (χ1) is 5.15. The van der Waals surface area contributed by atoms with Crippen LogP contribution in [0, 0.1) is 6.92 Å². The summed E-state index contributed by atoms with van der Waals surface area (Å²) in [6.07, 6.45) is 0. The maximum Gasteiger partial charge on any atom is 0.0756 e. The molecular formula is C7H8BrClN2. The lowest BCUT2D eigenvalue weighted by molar-refractivity contribution is 1.12. The average molecular weight is 236 g/mol. The standard InChI is InChI=1S/C7H8BrClN2/c1-4-2-5(9)7(10)6(3-8)11-4/h2H,3,10H2,1H3. The number of hydrogen-bond donors (Lipinski definition) is 1. The molecule has 0 aliphatic carbocycles. The summed E-state index contributed by atoms with van der Waals surface area (Å²) in [6, 6.07) is 1.75. The molecule has 1 aromatic heterocycles. The topological polar surface area (TPSA) is 38.9 Å². The lowest BCUT2D eigenvalue weighted by Crippen LogP contribution is -1.97. The predicted octanol–water partition coefficient (Wildman–Crippen LogP) is 2.52. The van der Waals surface area contributed by atoms with Gasteiger partial charge in [0, 0.05) is 11.0 Å². The minimum Gasteiger partial charge on any atom is -0.396 e. The van der Waals surface area contributed by atoms with Crippen LogP contribution in [0.2, 0.25) is 5.02 Å². The van der Waals surface area contributed by atoms with Crippen molar-refractivity contribution in [3.63, 3.8) is 0 Å². The second-order valence-corrected chi connectivity index (χ2v) is 3.21. The summed E-state index contributed by atoms with van der Waals surface area (Å²) >= 11 is 9.09. The van der Waals surface area contributed by atoms with Crippen LogP contribution in [0.4, 0.5) is 5.69 Å². The van der Waals surface area contributed by atoms with Crippen molar-refractivity contribution in [1.29, 1.82) is 0 Å². The van der Waals surface area contributed by atoms with Gasteiger partial charge in [-0.15, -0.1) is 0 Å². The number of aryl methyl sites for hydroxylation is 1. The van der Waals surface area contributed by atoms with Gasteiger partial charge in [0.15, 0.2) is 0 Å². The fourth-order valence-corrected chi connectivity index (χ4v) is 1.50. The van der Waals surface area contributed by atoms with Gasteiger partial charge in [0.1, 0.15) is 0 Å². The third kappa shape index (κ3) is 1.84. The molecular weight excluding hydrogens is 227 g/mol. The van der Waals surface area contributed by atoms with E-state index < -0.39 is 0 Å². The number of nitrogen functional groups attached to an aromatic ring is 1. The Balaban J connectivity index is 3.24. The minimum absolute atomic E-state index is 0.564. The van der Waals surface area contributed by atoms with Crippen molar-refractivity contribution in [3.05, 3.63) is 22.5 Å². The van der Waals surface area contributed by atoms with E-state index in [0.717, 1.165) is 11.4 Å². The molecule has 0 amide bonds.